The first-order valence-corrected chi connectivity index (χ1v) is 4.91. The van der Waals surface area contributed by atoms with Gasteiger partial charge in [0, 0.05) is 6.61 Å². The lowest BCUT2D eigenvalue weighted by Crippen LogP contribution is -2.44. The topological polar surface area (TPSA) is 63.3 Å². The maximum absolute atomic E-state index is 11.4. The number of nitrogens with two attached hydrogens (primary N) is 1. The second-order valence-electron chi connectivity index (χ2n) is 4.31. The van der Waals surface area contributed by atoms with Gasteiger partial charge in [-0.05, 0) is 18.3 Å². The van der Waals surface area contributed by atoms with Crippen LogP contribution in [0.15, 0.2) is 12.7 Å². The molecular weight excluding hydrogens is 178 g/mol. The SMILES string of the molecule is C=CCC(C)(C(N)=O)[C@@H](CO)C(C)C. The average molecular weight is 199 g/mol. The lowest BCUT2D eigenvalue weighted by Gasteiger charge is -2.35. The van der Waals surface area contributed by atoms with Crippen molar-refractivity contribution in [1.29, 1.82) is 0 Å². The van der Waals surface area contributed by atoms with Gasteiger partial charge in [0.1, 0.15) is 0 Å². The van der Waals surface area contributed by atoms with Gasteiger partial charge in [-0.1, -0.05) is 26.8 Å². The Balaban J connectivity index is 4.94. The van der Waals surface area contributed by atoms with Gasteiger partial charge in [-0.25, -0.2) is 0 Å². The van der Waals surface area contributed by atoms with E-state index >= 15 is 0 Å². The quantitative estimate of drug-likeness (QED) is 0.634. The van der Waals surface area contributed by atoms with Crippen molar-refractivity contribution in [2.75, 3.05) is 6.61 Å². The van der Waals surface area contributed by atoms with E-state index in [1.54, 1.807) is 13.0 Å². The van der Waals surface area contributed by atoms with E-state index in [0.717, 1.165) is 0 Å². The summed E-state index contributed by atoms with van der Waals surface area (Å²) in [6, 6.07) is 0. The number of aliphatic hydroxyl groups is 1. The summed E-state index contributed by atoms with van der Waals surface area (Å²) in [6.45, 7) is 9.34. The van der Waals surface area contributed by atoms with Crippen LogP contribution in [0.5, 0.6) is 0 Å². The Morgan fingerprint density at radius 2 is 2.14 bits per heavy atom. The van der Waals surface area contributed by atoms with Gasteiger partial charge in [0.25, 0.3) is 0 Å². The van der Waals surface area contributed by atoms with E-state index in [2.05, 4.69) is 6.58 Å². The molecule has 0 aliphatic carbocycles. The predicted molar refractivity (Wildman–Crippen MR) is 57.5 cm³/mol. The lowest BCUT2D eigenvalue weighted by atomic mass is 9.69. The third-order valence-electron chi connectivity index (χ3n) is 2.95. The summed E-state index contributed by atoms with van der Waals surface area (Å²) in [7, 11) is 0. The fraction of sp³-hybridized carbons (Fsp3) is 0.727. The van der Waals surface area contributed by atoms with Gasteiger partial charge in [0.15, 0.2) is 0 Å². The van der Waals surface area contributed by atoms with Crippen LogP contribution < -0.4 is 5.73 Å². The van der Waals surface area contributed by atoms with E-state index in [0.29, 0.717) is 6.42 Å². The molecule has 14 heavy (non-hydrogen) atoms. The Labute approximate surface area is 86.0 Å². The van der Waals surface area contributed by atoms with Crippen molar-refractivity contribution in [2.45, 2.75) is 27.2 Å². The van der Waals surface area contributed by atoms with Crippen molar-refractivity contribution in [2.24, 2.45) is 23.0 Å². The van der Waals surface area contributed by atoms with Crippen molar-refractivity contribution < 1.29 is 9.90 Å². The molecule has 0 fully saturated rings. The molecule has 0 bridgehead atoms. The summed E-state index contributed by atoms with van der Waals surface area (Å²) >= 11 is 0. The van der Waals surface area contributed by atoms with Crippen LogP contribution in [0.25, 0.3) is 0 Å². The van der Waals surface area contributed by atoms with Gasteiger partial charge < -0.3 is 10.8 Å². The second-order valence-corrected chi connectivity index (χ2v) is 4.31. The van der Waals surface area contributed by atoms with E-state index in [1.807, 2.05) is 13.8 Å². The van der Waals surface area contributed by atoms with Crippen LogP contribution in [0.4, 0.5) is 0 Å². The molecule has 0 aromatic heterocycles. The number of hydrogen-bond donors (Lipinski definition) is 2. The Kier molecular flexibility index (Phi) is 4.85. The molecule has 0 radical (unpaired) electrons. The van der Waals surface area contributed by atoms with Crippen LogP contribution in [-0.2, 0) is 4.79 Å². The fourth-order valence-electron chi connectivity index (χ4n) is 1.88. The average Bonchev–Trinajstić information content (AvgIpc) is 2.04. The van der Waals surface area contributed by atoms with Crippen molar-refractivity contribution in [3.8, 4) is 0 Å². The normalized spacial score (nSPS) is 17.5. The van der Waals surface area contributed by atoms with E-state index in [4.69, 9.17) is 5.73 Å². The van der Waals surface area contributed by atoms with Crippen molar-refractivity contribution in [3.63, 3.8) is 0 Å². The number of primary amides is 1. The number of carbonyl (C=O) groups is 1. The van der Waals surface area contributed by atoms with Gasteiger partial charge in [-0.3, -0.25) is 4.79 Å². The molecule has 0 saturated heterocycles. The second kappa shape index (κ2) is 5.15. The monoisotopic (exact) mass is 199 g/mol. The molecule has 3 heteroatoms. The molecule has 3 nitrogen and oxygen atoms in total. The van der Waals surface area contributed by atoms with E-state index in [9.17, 15) is 9.90 Å². The Bertz CT molecular complexity index is 213. The molecule has 3 N–H and O–H groups in total. The zero-order chi connectivity index (χ0) is 11.4. The molecule has 0 rings (SSSR count). The fourth-order valence-corrected chi connectivity index (χ4v) is 1.88. The summed E-state index contributed by atoms with van der Waals surface area (Å²) < 4.78 is 0. The molecule has 0 aromatic carbocycles. The minimum absolute atomic E-state index is 0.0229. The Morgan fingerprint density at radius 3 is 2.36 bits per heavy atom. The largest absolute Gasteiger partial charge is 0.396 e. The maximum Gasteiger partial charge on any atom is 0.224 e. The smallest absolute Gasteiger partial charge is 0.224 e. The molecular formula is C11H21NO2. The number of hydrogen-bond acceptors (Lipinski definition) is 2. The molecule has 0 aliphatic heterocycles. The van der Waals surface area contributed by atoms with Gasteiger partial charge in [-0.2, -0.15) is 0 Å². The van der Waals surface area contributed by atoms with E-state index in [-0.39, 0.29) is 24.3 Å². The molecule has 0 saturated carbocycles. The molecule has 2 atom stereocenters. The molecule has 1 amide bonds. The summed E-state index contributed by atoms with van der Waals surface area (Å²) in [6.07, 6.45) is 2.18. The highest BCUT2D eigenvalue weighted by molar-refractivity contribution is 5.81. The van der Waals surface area contributed by atoms with Crippen LogP contribution in [0, 0.1) is 17.3 Å². The van der Waals surface area contributed by atoms with Crippen molar-refractivity contribution >= 4 is 5.91 Å². The molecule has 82 valence electrons. The number of carbonyl (C=O) groups excluding carboxylic acids is 1. The van der Waals surface area contributed by atoms with Crippen molar-refractivity contribution in [1.82, 2.24) is 0 Å². The van der Waals surface area contributed by atoms with Gasteiger partial charge >= 0.3 is 0 Å². The Morgan fingerprint density at radius 1 is 1.64 bits per heavy atom. The van der Waals surface area contributed by atoms with Crippen LogP contribution in [0.1, 0.15) is 27.2 Å². The standard InChI is InChI=1S/C11H21NO2/c1-5-6-11(4,10(12)14)9(7-13)8(2)3/h5,8-9,13H,1,6-7H2,2-4H3,(H2,12,14)/t9-,11?/m0/s1. The zero-order valence-corrected chi connectivity index (χ0v) is 9.29. The highest BCUT2D eigenvalue weighted by atomic mass is 16.3. The first kappa shape index (κ1) is 13.2. The van der Waals surface area contributed by atoms with Crippen LogP contribution in [0.3, 0.4) is 0 Å². The van der Waals surface area contributed by atoms with Crippen LogP contribution >= 0.6 is 0 Å². The molecule has 1 unspecified atom stereocenters. The highest BCUT2D eigenvalue weighted by Gasteiger charge is 2.39. The minimum Gasteiger partial charge on any atom is -0.396 e. The third-order valence-corrected chi connectivity index (χ3v) is 2.95. The molecule has 0 spiro atoms. The number of rotatable bonds is 6. The first-order chi connectivity index (χ1) is 6.40. The number of aliphatic hydroxyl groups excluding tert-OH is 1. The molecule has 0 aliphatic rings. The lowest BCUT2D eigenvalue weighted by molar-refractivity contribution is -0.132. The number of amides is 1. The summed E-state index contributed by atoms with van der Waals surface area (Å²) in [5.74, 6) is -0.263. The predicted octanol–water partition coefficient (Wildman–Crippen LogP) is 1.32. The number of allylic oxidation sites excluding steroid dienone is 1. The molecule has 0 aromatic rings. The van der Waals surface area contributed by atoms with E-state index < -0.39 is 5.41 Å². The maximum atomic E-state index is 11.4. The van der Waals surface area contributed by atoms with E-state index in [1.165, 1.54) is 0 Å². The Hall–Kier alpha value is -0.830. The van der Waals surface area contributed by atoms with Crippen LogP contribution in [0.2, 0.25) is 0 Å². The molecule has 0 heterocycles. The summed E-state index contributed by atoms with van der Waals surface area (Å²) in [5, 5.41) is 9.27. The first-order valence-electron chi connectivity index (χ1n) is 4.91. The summed E-state index contributed by atoms with van der Waals surface area (Å²) in [4.78, 5) is 11.4. The van der Waals surface area contributed by atoms with Gasteiger partial charge in [0.2, 0.25) is 5.91 Å². The van der Waals surface area contributed by atoms with Crippen LogP contribution in [-0.4, -0.2) is 17.6 Å². The van der Waals surface area contributed by atoms with Crippen molar-refractivity contribution in [3.05, 3.63) is 12.7 Å². The third kappa shape index (κ3) is 2.58. The minimum atomic E-state index is -0.690. The van der Waals surface area contributed by atoms with Gasteiger partial charge in [-0.15, -0.1) is 6.58 Å². The zero-order valence-electron chi connectivity index (χ0n) is 9.29. The van der Waals surface area contributed by atoms with Gasteiger partial charge in [0.05, 0.1) is 5.41 Å². The highest BCUT2D eigenvalue weighted by Crippen LogP contribution is 2.36. The summed E-state index contributed by atoms with van der Waals surface area (Å²) in [5.41, 5.74) is 4.68.